The summed E-state index contributed by atoms with van der Waals surface area (Å²) in [4.78, 5) is 12.9. The Balaban J connectivity index is 1.02. The quantitative estimate of drug-likeness (QED) is 0.143. The van der Waals surface area contributed by atoms with Crippen LogP contribution in [0.5, 0.6) is 0 Å². The van der Waals surface area contributed by atoms with Crippen LogP contribution in [-0.2, 0) is 4.74 Å². The standard InChI is InChI=1S/C39H55F5O2/c1-2-3-4-5-26-6-8-27(9-7-26)28-10-12-31(13-11-28)33-20-23-35(36(40)24-33)38(45)46-34-21-18-30(19-22-34)29-14-16-32(17-15-29)37(41)25-39(42,43)44/h20,23-32,34H,2-19,21-22H2,1H3/b37-25-. The van der Waals surface area contributed by atoms with Gasteiger partial charge < -0.3 is 4.74 Å². The molecule has 2 nitrogen and oxygen atoms in total. The van der Waals surface area contributed by atoms with Crippen LogP contribution in [0.2, 0.25) is 0 Å². The fourth-order valence-electron chi connectivity index (χ4n) is 9.54. The third-order valence-electron chi connectivity index (χ3n) is 12.4. The van der Waals surface area contributed by atoms with Crippen LogP contribution in [-0.4, -0.2) is 18.2 Å². The monoisotopic (exact) mass is 650 g/mol. The molecule has 4 fully saturated rings. The predicted molar refractivity (Wildman–Crippen MR) is 173 cm³/mol. The molecule has 0 unspecified atom stereocenters. The minimum atomic E-state index is -4.62. The lowest BCUT2D eigenvalue weighted by Gasteiger charge is -2.38. The number of carbonyl (C=O) groups excluding carboxylic acids is 1. The smallest absolute Gasteiger partial charge is 0.412 e. The van der Waals surface area contributed by atoms with Crippen molar-refractivity contribution in [1.82, 2.24) is 0 Å². The van der Waals surface area contributed by atoms with Gasteiger partial charge in [-0.25, -0.2) is 13.6 Å². The molecule has 0 amide bonds. The summed E-state index contributed by atoms with van der Waals surface area (Å²) in [6, 6.07) is 5.09. The van der Waals surface area contributed by atoms with Crippen molar-refractivity contribution < 1.29 is 31.5 Å². The maximum Gasteiger partial charge on any atom is 0.412 e. The van der Waals surface area contributed by atoms with Gasteiger partial charge in [0.2, 0.25) is 0 Å². The highest BCUT2D eigenvalue weighted by Gasteiger charge is 2.36. The first kappa shape index (κ1) is 35.4. The number of carbonyl (C=O) groups is 1. The molecule has 4 saturated carbocycles. The molecule has 4 aliphatic rings. The largest absolute Gasteiger partial charge is 0.459 e. The third kappa shape index (κ3) is 9.81. The van der Waals surface area contributed by atoms with Crippen molar-refractivity contribution in [3.05, 3.63) is 47.0 Å². The number of esters is 1. The number of benzene rings is 1. The number of halogens is 5. The average Bonchev–Trinajstić information content (AvgIpc) is 3.05. The topological polar surface area (TPSA) is 26.3 Å². The summed E-state index contributed by atoms with van der Waals surface area (Å²) < 4.78 is 72.5. The van der Waals surface area contributed by atoms with E-state index in [1.165, 1.54) is 64.2 Å². The lowest BCUT2D eigenvalue weighted by Crippen LogP contribution is -2.30. The Kier molecular flexibility index (Phi) is 12.7. The van der Waals surface area contributed by atoms with Gasteiger partial charge in [-0.2, -0.15) is 13.2 Å². The molecular formula is C39H55F5O2. The number of unbranched alkanes of at least 4 members (excludes halogenated alkanes) is 2. The summed E-state index contributed by atoms with van der Waals surface area (Å²) in [6.07, 6.45) is 16.0. The molecule has 258 valence electrons. The van der Waals surface area contributed by atoms with Crippen molar-refractivity contribution in [3.63, 3.8) is 0 Å². The summed E-state index contributed by atoms with van der Waals surface area (Å²) in [5.74, 6) is 0.940. The molecule has 0 heterocycles. The highest BCUT2D eigenvalue weighted by Crippen LogP contribution is 2.45. The lowest BCUT2D eigenvalue weighted by atomic mass is 9.68. The molecule has 4 aliphatic carbocycles. The highest BCUT2D eigenvalue weighted by molar-refractivity contribution is 5.89. The Morgan fingerprint density at radius 2 is 1.33 bits per heavy atom. The van der Waals surface area contributed by atoms with Gasteiger partial charge in [-0.1, -0.05) is 51.5 Å². The summed E-state index contributed by atoms with van der Waals surface area (Å²) in [6.45, 7) is 2.27. The molecule has 1 aromatic rings. The average molecular weight is 651 g/mol. The third-order valence-corrected chi connectivity index (χ3v) is 12.4. The van der Waals surface area contributed by atoms with E-state index in [4.69, 9.17) is 4.74 Å². The Morgan fingerprint density at radius 3 is 1.87 bits per heavy atom. The van der Waals surface area contributed by atoms with Crippen LogP contribution >= 0.6 is 0 Å². The van der Waals surface area contributed by atoms with Crippen molar-refractivity contribution in [2.45, 2.75) is 154 Å². The van der Waals surface area contributed by atoms with E-state index in [0.717, 1.165) is 61.8 Å². The summed E-state index contributed by atoms with van der Waals surface area (Å²) in [5, 5.41) is 0. The first-order valence-corrected chi connectivity index (χ1v) is 18.5. The predicted octanol–water partition coefficient (Wildman–Crippen LogP) is 12.4. The van der Waals surface area contributed by atoms with Gasteiger partial charge in [-0.3, -0.25) is 0 Å². The van der Waals surface area contributed by atoms with E-state index in [1.54, 1.807) is 12.1 Å². The van der Waals surface area contributed by atoms with Crippen LogP contribution in [0.25, 0.3) is 0 Å². The second kappa shape index (κ2) is 16.5. The Hall–Kier alpha value is -1.92. The van der Waals surface area contributed by atoms with Crippen molar-refractivity contribution in [3.8, 4) is 0 Å². The number of allylic oxidation sites excluding steroid dienone is 2. The number of ether oxygens (including phenoxy) is 1. The molecule has 46 heavy (non-hydrogen) atoms. The van der Waals surface area contributed by atoms with E-state index in [1.807, 2.05) is 6.07 Å². The van der Waals surface area contributed by atoms with Gasteiger partial charge in [0.15, 0.2) is 0 Å². The van der Waals surface area contributed by atoms with Crippen molar-refractivity contribution in [2.75, 3.05) is 0 Å². The number of hydrogen-bond donors (Lipinski definition) is 0. The lowest BCUT2D eigenvalue weighted by molar-refractivity contribution is -0.0821. The van der Waals surface area contributed by atoms with Crippen LogP contribution < -0.4 is 0 Å². The molecule has 0 radical (unpaired) electrons. The summed E-state index contributed by atoms with van der Waals surface area (Å²) >= 11 is 0. The molecule has 0 saturated heterocycles. The van der Waals surface area contributed by atoms with E-state index in [2.05, 4.69) is 6.92 Å². The van der Waals surface area contributed by atoms with E-state index in [-0.39, 0.29) is 17.7 Å². The summed E-state index contributed by atoms with van der Waals surface area (Å²) in [7, 11) is 0. The van der Waals surface area contributed by atoms with Crippen molar-refractivity contribution in [2.24, 2.45) is 35.5 Å². The van der Waals surface area contributed by atoms with Crippen LogP contribution in [0.15, 0.2) is 30.1 Å². The minimum Gasteiger partial charge on any atom is -0.459 e. The van der Waals surface area contributed by atoms with E-state index >= 15 is 4.39 Å². The molecule has 1 aromatic carbocycles. The second-order valence-corrected chi connectivity index (χ2v) is 15.3. The number of hydrogen-bond acceptors (Lipinski definition) is 2. The normalized spacial score (nSPS) is 33.0. The van der Waals surface area contributed by atoms with E-state index in [9.17, 15) is 22.4 Å². The van der Waals surface area contributed by atoms with Gasteiger partial charge in [0.25, 0.3) is 0 Å². The minimum absolute atomic E-state index is 0.00233. The van der Waals surface area contributed by atoms with Crippen molar-refractivity contribution >= 4 is 5.97 Å². The molecule has 0 aromatic heterocycles. The molecule has 0 aliphatic heterocycles. The number of rotatable bonds is 10. The Bertz CT molecular complexity index is 1130. The zero-order valence-electron chi connectivity index (χ0n) is 27.8. The molecular weight excluding hydrogens is 595 g/mol. The second-order valence-electron chi connectivity index (χ2n) is 15.3. The van der Waals surface area contributed by atoms with Crippen LogP contribution in [0, 0.1) is 41.3 Å². The van der Waals surface area contributed by atoms with Gasteiger partial charge in [0, 0.05) is 5.92 Å². The molecule has 5 rings (SSSR count). The zero-order valence-corrected chi connectivity index (χ0v) is 27.8. The van der Waals surface area contributed by atoms with Crippen LogP contribution in [0.3, 0.4) is 0 Å². The Labute approximate surface area is 273 Å². The fourth-order valence-corrected chi connectivity index (χ4v) is 9.54. The molecule has 0 atom stereocenters. The van der Waals surface area contributed by atoms with E-state index in [0.29, 0.717) is 43.4 Å². The van der Waals surface area contributed by atoms with Crippen LogP contribution in [0.1, 0.15) is 157 Å². The number of alkyl halides is 3. The highest BCUT2D eigenvalue weighted by atomic mass is 19.4. The van der Waals surface area contributed by atoms with Gasteiger partial charge in [0.1, 0.15) is 17.7 Å². The SMILES string of the molecule is CCCCCC1CCC(C2CCC(c3ccc(C(=O)OC4CCC(C5CCC(/C(F)=C/C(F)(F)F)CC5)CC4)c(F)c3)CC2)CC1. The fraction of sp³-hybridized carbons (Fsp3) is 0.769. The molecule has 0 spiro atoms. The van der Waals surface area contributed by atoms with Crippen LogP contribution in [0.4, 0.5) is 22.0 Å². The Morgan fingerprint density at radius 1 is 0.783 bits per heavy atom. The molecule has 0 N–H and O–H groups in total. The van der Waals surface area contributed by atoms with E-state index < -0.39 is 29.7 Å². The molecule has 0 bridgehead atoms. The van der Waals surface area contributed by atoms with Crippen molar-refractivity contribution in [1.29, 1.82) is 0 Å². The van der Waals surface area contributed by atoms with Gasteiger partial charge >= 0.3 is 12.1 Å². The first-order chi connectivity index (χ1) is 22.1. The van der Waals surface area contributed by atoms with Gasteiger partial charge in [-0.05, 0) is 143 Å². The van der Waals surface area contributed by atoms with Gasteiger partial charge in [0.05, 0.1) is 11.6 Å². The summed E-state index contributed by atoms with van der Waals surface area (Å²) in [5.41, 5.74) is 0.999. The maximum absolute atomic E-state index is 15.2. The first-order valence-electron chi connectivity index (χ1n) is 18.5. The van der Waals surface area contributed by atoms with Gasteiger partial charge in [-0.15, -0.1) is 0 Å². The maximum atomic E-state index is 15.2. The zero-order chi connectivity index (χ0) is 32.7. The molecule has 7 heteroatoms.